The molecule has 2 aromatic heterocycles. The molecule has 1 unspecified atom stereocenters. The smallest absolute Gasteiger partial charge is 0.107 e. The highest BCUT2D eigenvalue weighted by Gasteiger charge is 2.22. The molecular formula is C15H17BrClNS3. The van der Waals surface area contributed by atoms with Crippen LogP contribution in [0.5, 0.6) is 0 Å². The summed E-state index contributed by atoms with van der Waals surface area (Å²) >= 11 is 15.5. The van der Waals surface area contributed by atoms with E-state index in [0.717, 1.165) is 21.8 Å². The summed E-state index contributed by atoms with van der Waals surface area (Å²) in [5, 5.41) is 3.69. The lowest BCUT2D eigenvalue weighted by atomic mass is 10.1. The van der Waals surface area contributed by atoms with Gasteiger partial charge in [-0.3, -0.25) is 0 Å². The Hall–Kier alpha value is 0.480. The molecule has 1 N–H and O–H groups in total. The van der Waals surface area contributed by atoms with Gasteiger partial charge in [0.05, 0.1) is 6.04 Å². The number of aryl methyl sites for hydroxylation is 1. The van der Waals surface area contributed by atoms with Crippen molar-refractivity contribution in [1.82, 2.24) is 5.32 Å². The van der Waals surface area contributed by atoms with Gasteiger partial charge in [0.1, 0.15) is 4.34 Å². The Bertz CT molecular complexity index is 579. The third-order valence-corrected chi connectivity index (χ3v) is 8.33. The molecule has 0 fully saturated rings. The van der Waals surface area contributed by atoms with E-state index in [2.05, 4.69) is 40.3 Å². The molecule has 2 aromatic rings. The van der Waals surface area contributed by atoms with Gasteiger partial charge < -0.3 is 5.32 Å². The van der Waals surface area contributed by atoms with E-state index in [-0.39, 0.29) is 6.04 Å². The molecule has 1 aliphatic heterocycles. The van der Waals surface area contributed by atoms with Crippen LogP contribution < -0.4 is 5.32 Å². The Morgan fingerprint density at radius 2 is 2.14 bits per heavy atom. The van der Waals surface area contributed by atoms with Crippen molar-refractivity contribution in [2.45, 2.75) is 31.6 Å². The Morgan fingerprint density at radius 1 is 1.33 bits per heavy atom. The van der Waals surface area contributed by atoms with Gasteiger partial charge in [-0.05, 0) is 58.8 Å². The van der Waals surface area contributed by atoms with E-state index in [9.17, 15) is 0 Å². The standard InChI is InChI=1S/C15H17BrClNS3/c1-2-4-18-14(13-7-10(16)15(17)21-13)12-6-9-8-19-5-3-11(9)20-12/h6-7,14,18H,2-5,8H2,1H3. The van der Waals surface area contributed by atoms with E-state index in [4.69, 9.17) is 11.6 Å². The number of thiophene rings is 2. The molecule has 0 bridgehead atoms. The molecule has 1 atom stereocenters. The fourth-order valence-corrected chi connectivity index (χ4v) is 6.82. The normalized spacial score (nSPS) is 16.0. The first-order chi connectivity index (χ1) is 10.2. The molecule has 3 rings (SSSR count). The van der Waals surface area contributed by atoms with Crippen LogP contribution in [0.1, 0.15) is 39.6 Å². The molecule has 6 heteroatoms. The summed E-state index contributed by atoms with van der Waals surface area (Å²) in [5.41, 5.74) is 1.54. The predicted molar refractivity (Wildman–Crippen MR) is 101 cm³/mol. The summed E-state index contributed by atoms with van der Waals surface area (Å²) in [6.45, 7) is 3.23. The molecule has 0 saturated carbocycles. The van der Waals surface area contributed by atoms with Crippen molar-refractivity contribution >= 4 is 62.0 Å². The average molecular weight is 423 g/mol. The van der Waals surface area contributed by atoms with Crippen LogP contribution in [0.2, 0.25) is 4.34 Å². The van der Waals surface area contributed by atoms with E-state index in [1.165, 1.54) is 33.2 Å². The number of nitrogens with one attached hydrogen (secondary N) is 1. The lowest BCUT2D eigenvalue weighted by molar-refractivity contribution is 0.613. The first-order valence-electron chi connectivity index (χ1n) is 7.06. The first-order valence-corrected chi connectivity index (χ1v) is 11.0. The molecule has 0 amide bonds. The van der Waals surface area contributed by atoms with E-state index in [1.807, 2.05) is 23.1 Å². The predicted octanol–water partition coefficient (Wildman–Crippen LogP) is 6.10. The van der Waals surface area contributed by atoms with E-state index in [0.29, 0.717) is 0 Å². The van der Waals surface area contributed by atoms with Gasteiger partial charge >= 0.3 is 0 Å². The average Bonchev–Trinajstić information content (AvgIpc) is 3.04. The van der Waals surface area contributed by atoms with Crippen LogP contribution in [-0.2, 0) is 12.2 Å². The maximum Gasteiger partial charge on any atom is 0.107 e. The Kier molecular flexibility index (Phi) is 5.73. The van der Waals surface area contributed by atoms with E-state index in [1.54, 1.807) is 16.2 Å². The Labute approximate surface area is 151 Å². The lowest BCUT2D eigenvalue weighted by Crippen LogP contribution is -2.21. The number of rotatable bonds is 5. The molecule has 21 heavy (non-hydrogen) atoms. The van der Waals surface area contributed by atoms with E-state index >= 15 is 0 Å². The number of fused-ring (bicyclic) bond motifs is 1. The van der Waals surface area contributed by atoms with Crippen molar-refractivity contribution in [3.63, 3.8) is 0 Å². The van der Waals surface area contributed by atoms with Crippen LogP contribution in [-0.4, -0.2) is 12.3 Å². The van der Waals surface area contributed by atoms with E-state index < -0.39 is 0 Å². The number of hydrogen-bond donors (Lipinski definition) is 1. The highest BCUT2D eigenvalue weighted by molar-refractivity contribution is 9.10. The molecule has 0 saturated heterocycles. The van der Waals surface area contributed by atoms with Crippen LogP contribution in [0.15, 0.2) is 16.6 Å². The molecule has 3 heterocycles. The number of halogens is 2. The summed E-state index contributed by atoms with van der Waals surface area (Å²) in [5.74, 6) is 2.43. The molecule has 0 aliphatic carbocycles. The lowest BCUT2D eigenvalue weighted by Gasteiger charge is -2.15. The first kappa shape index (κ1) is 16.3. The highest BCUT2D eigenvalue weighted by Crippen LogP contribution is 2.41. The largest absolute Gasteiger partial charge is 0.305 e. The summed E-state index contributed by atoms with van der Waals surface area (Å²) in [4.78, 5) is 4.31. The topological polar surface area (TPSA) is 12.0 Å². The summed E-state index contributed by atoms with van der Waals surface area (Å²) in [6, 6.07) is 4.84. The van der Waals surface area contributed by atoms with Crippen molar-refractivity contribution in [3.05, 3.63) is 41.1 Å². The zero-order valence-corrected chi connectivity index (χ0v) is 16.5. The fraction of sp³-hybridized carbons (Fsp3) is 0.467. The van der Waals surface area contributed by atoms with Gasteiger partial charge in [0.2, 0.25) is 0 Å². The molecule has 0 radical (unpaired) electrons. The van der Waals surface area contributed by atoms with Crippen LogP contribution >= 0.6 is 62.0 Å². The van der Waals surface area contributed by atoms with Crippen molar-refractivity contribution in [3.8, 4) is 0 Å². The summed E-state index contributed by atoms with van der Waals surface area (Å²) < 4.78 is 1.84. The summed E-state index contributed by atoms with van der Waals surface area (Å²) in [6.07, 6.45) is 2.36. The van der Waals surface area contributed by atoms with Crippen LogP contribution in [0.3, 0.4) is 0 Å². The summed E-state index contributed by atoms with van der Waals surface area (Å²) in [7, 11) is 0. The maximum atomic E-state index is 6.24. The zero-order chi connectivity index (χ0) is 14.8. The van der Waals surface area contributed by atoms with Crippen molar-refractivity contribution in [1.29, 1.82) is 0 Å². The highest BCUT2D eigenvalue weighted by atomic mass is 79.9. The molecule has 0 aromatic carbocycles. The molecule has 1 aliphatic rings. The monoisotopic (exact) mass is 421 g/mol. The second kappa shape index (κ2) is 7.37. The second-order valence-corrected chi connectivity index (χ2v) is 9.87. The third-order valence-electron chi connectivity index (χ3n) is 3.48. The molecule has 0 spiro atoms. The van der Waals surface area contributed by atoms with Crippen molar-refractivity contribution in [2.75, 3.05) is 12.3 Å². The quantitative estimate of drug-likeness (QED) is 0.624. The minimum atomic E-state index is 0.277. The Morgan fingerprint density at radius 3 is 2.81 bits per heavy atom. The van der Waals surface area contributed by atoms with Gasteiger partial charge in [-0.1, -0.05) is 18.5 Å². The van der Waals surface area contributed by atoms with Crippen molar-refractivity contribution < 1.29 is 0 Å². The van der Waals surface area contributed by atoms with Crippen LogP contribution in [0, 0.1) is 0 Å². The van der Waals surface area contributed by atoms with Crippen LogP contribution in [0.4, 0.5) is 0 Å². The second-order valence-electron chi connectivity index (χ2n) is 5.06. The number of thioether (sulfide) groups is 1. The molecule has 1 nitrogen and oxygen atoms in total. The molecule has 114 valence electrons. The van der Waals surface area contributed by atoms with Crippen molar-refractivity contribution in [2.24, 2.45) is 0 Å². The fourth-order valence-electron chi connectivity index (χ4n) is 2.45. The minimum Gasteiger partial charge on any atom is -0.305 e. The zero-order valence-electron chi connectivity index (χ0n) is 11.7. The maximum absolute atomic E-state index is 6.24. The van der Waals surface area contributed by atoms with Gasteiger partial charge in [-0.25, -0.2) is 0 Å². The van der Waals surface area contributed by atoms with Gasteiger partial charge in [-0.15, -0.1) is 22.7 Å². The molecular weight excluding hydrogens is 406 g/mol. The Balaban J connectivity index is 1.92. The third kappa shape index (κ3) is 3.70. The van der Waals surface area contributed by atoms with Gasteiger partial charge in [0.25, 0.3) is 0 Å². The van der Waals surface area contributed by atoms with Gasteiger partial charge in [0, 0.05) is 24.9 Å². The SMILES string of the molecule is CCCNC(c1cc(Br)c(Cl)s1)c1cc2c(s1)CCSC2. The number of hydrogen-bond acceptors (Lipinski definition) is 4. The van der Waals surface area contributed by atoms with Gasteiger partial charge in [-0.2, -0.15) is 11.8 Å². The minimum absolute atomic E-state index is 0.277. The van der Waals surface area contributed by atoms with Gasteiger partial charge in [0.15, 0.2) is 0 Å². The van der Waals surface area contributed by atoms with Crippen LogP contribution in [0.25, 0.3) is 0 Å².